The average Bonchev–Trinajstić information content (AvgIpc) is 2.75. The van der Waals surface area contributed by atoms with Crippen molar-refractivity contribution in [1.29, 1.82) is 0 Å². The summed E-state index contributed by atoms with van der Waals surface area (Å²) in [6.07, 6.45) is -12.2. The molecule has 2 aromatic rings. The number of anilines is 1. The van der Waals surface area contributed by atoms with Gasteiger partial charge in [-0.2, -0.15) is 31.1 Å². The van der Waals surface area contributed by atoms with Crippen LogP contribution in [0.4, 0.5) is 47.0 Å². The Labute approximate surface area is 202 Å². The first-order valence-electron chi connectivity index (χ1n) is 11.0. The van der Waals surface area contributed by atoms with Gasteiger partial charge in [0, 0.05) is 45.3 Å². The molecule has 0 fully saturated rings. The minimum Gasteiger partial charge on any atom is -0.414 e. The van der Waals surface area contributed by atoms with E-state index < -0.39 is 63.9 Å². The van der Waals surface area contributed by atoms with Crippen molar-refractivity contribution in [3.05, 3.63) is 59.2 Å². The van der Waals surface area contributed by atoms with Gasteiger partial charge >= 0.3 is 18.4 Å². The zero-order valence-electron chi connectivity index (χ0n) is 19.5. The van der Waals surface area contributed by atoms with Gasteiger partial charge in [0.2, 0.25) is 5.91 Å². The van der Waals surface area contributed by atoms with Crippen LogP contribution in [0.5, 0.6) is 0 Å². The van der Waals surface area contributed by atoms with Crippen LogP contribution >= 0.6 is 0 Å². The van der Waals surface area contributed by atoms with E-state index >= 15 is 4.48 Å². The molecule has 36 heavy (non-hydrogen) atoms. The molecule has 12 heteroatoms. The van der Waals surface area contributed by atoms with Crippen molar-refractivity contribution in [2.75, 3.05) is 5.32 Å². The maximum atomic E-state index is 16.0. The number of quaternary nitrogens is 1. The third-order valence-corrected chi connectivity index (χ3v) is 5.87. The summed E-state index contributed by atoms with van der Waals surface area (Å²) < 4.78 is 98.2. The number of nitrogens with zero attached hydrogens (tertiary/aromatic N) is 1. The quantitative estimate of drug-likeness (QED) is 0.338. The van der Waals surface area contributed by atoms with Crippen LogP contribution in [0.15, 0.2) is 42.5 Å². The normalized spacial score (nSPS) is 22.2. The number of alkyl halides is 6. The van der Waals surface area contributed by atoms with Gasteiger partial charge in [0.1, 0.15) is 12.1 Å². The maximum absolute atomic E-state index is 16.0. The lowest BCUT2D eigenvalue weighted by Crippen LogP contribution is -2.57. The van der Waals surface area contributed by atoms with E-state index in [4.69, 9.17) is 4.74 Å². The maximum Gasteiger partial charge on any atom is 0.561 e. The van der Waals surface area contributed by atoms with Crippen LogP contribution in [-0.4, -0.2) is 24.1 Å². The number of ether oxygens (including phenoxy) is 1. The molecular formula is C24H24F7N2O3+. The summed E-state index contributed by atoms with van der Waals surface area (Å²) in [5.74, 6) is -1.52. The summed E-state index contributed by atoms with van der Waals surface area (Å²) in [4.78, 5) is 25.3. The molecule has 1 aliphatic heterocycles. The molecule has 2 aromatic carbocycles. The second-order valence-corrected chi connectivity index (χ2v) is 8.96. The number of carbonyl (C=O) groups is 2. The number of halogens is 7. The number of hydrogen-bond acceptors (Lipinski definition) is 3. The summed E-state index contributed by atoms with van der Waals surface area (Å²) in [5, 5.41) is 2.10. The molecule has 3 rings (SSSR count). The monoisotopic (exact) mass is 521 g/mol. The summed E-state index contributed by atoms with van der Waals surface area (Å²) in [7, 11) is 0. The first-order chi connectivity index (χ1) is 16.5. The molecule has 0 aliphatic carbocycles. The third-order valence-electron chi connectivity index (χ3n) is 5.87. The lowest BCUT2D eigenvalue weighted by Gasteiger charge is -2.37. The van der Waals surface area contributed by atoms with E-state index in [0.717, 1.165) is 0 Å². The molecule has 196 valence electrons. The number of nitrogens with one attached hydrogen (secondary N) is 1. The van der Waals surface area contributed by atoms with Gasteiger partial charge in [0.25, 0.3) is 0 Å². The second kappa shape index (κ2) is 9.72. The lowest BCUT2D eigenvalue weighted by atomic mass is 9.83. The van der Waals surface area contributed by atoms with E-state index in [1.807, 2.05) is 0 Å². The molecule has 0 spiro atoms. The van der Waals surface area contributed by atoms with Gasteiger partial charge in [-0.15, -0.1) is 0 Å². The SMILES string of the molecule is CC(C)OC(=O)[N@+]1(F)c2ccccc2[C@H](CC(=O)Nc2cc(C(F)(F)F)cc(C(F)(F)F)c2)C[C@H]1C. The van der Waals surface area contributed by atoms with E-state index in [-0.39, 0.29) is 24.6 Å². The van der Waals surface area contributed by atoms with Gasteiger partial charge < -0.3 is 10.1 Å². The predicted molar refractivity (Wildman–Crippen MR) is 117 cm³/mol. The number of rotatable bonds is 4. The molecule has 5 nitrogen and oxygen atoms in total. The van der Waals surface area contributed by atoms with Crippen molar-refractivity contribution in [1.82, 2.24) is 4.71 Å². The fraction of sp³-hybridized carbons (Fsp3) is 0.417. The Balaban J connectivity index is 1.89. The van der Waals surface area contributed by atoms with Gasteiger partial charge in [0.15, 0.2) is 5.69 Å². The Kier molecular flexibility index (Phi) is 7.41. The highest BCUT2D eigenvalue weighted by atomic mass is 19.4. The first-order valence-corrected chi connectivity index (χ1v) is 11.0. The molecule has 1 heterocycles. The van der Waals surface area contributed by atoms with Crippen LogP contribution in [0.2, 0.25) is 0 Å². The molecular weight excluding hydrogens is 497 g/mol. The van der Waals surface area contributed by atoms with Crippen molar-refractivity contribution in [2.45, 2.75) is 64.0 Å². The van der Waals surface area contributed by atoms with E-state index in [1.165, 1.54) is 25.1 Å². The molecule has 0 bridgehead atoms. The van der Waals surface area contributed by atoms with Crippen LogP contribution in [0.3, 0.4) is 0 Å². The summed E-state index contributed by atoms with van der Waals surface area (Å²) in [6, 6.07) is 5.77. The number of para-hydroxylation sites is 1. The largest absolute Gasteiger partial charge is 0.561 e. The number of carbonyl (C=O) groups excluding carboxylic acids is 2. The van der Waals surface area contributed by atoms with Gasteiger partial charge in [-0.25, -0.2) is 0 Å². The molecule has 1 N–H and O–H groups in total. The summed E-state index contributed by atoms with van der Waals surface area (Å²) in [5.41, 5.74) is -3.53. The van der Waals surface area contributed by atoms with Crippen LogP contribution in [-0.2, 0) is 21.9 Å². The smallest absolute Gasteiger partial charge is 0.414 e. The summed E-state index contributed by atoms with van der Waals surface area (Å²) >= 11 is 0. The van der Waals surface area contributed by atoms with E-state index in [9.17, 15) is 35.9 Å². The highest BCUT2D eigenvalue weighted by Crippen LogP contribution is 2.46. The molecule has 3 atom stereocenters. The minimum absolute atomic E-state index is 0.00940. The van der Waals surface area contributed by atoms with E-state index in [2.05, 4.69) is 5.32 Å². The highest BCUT2D eigenvalue weighted by Gasteiger charge is 2.55. The molecule has 0 saturated carbocycles. The second-order valence-electron chi connectivity index (χ2n) is 8.96. The van der Waals surface area contributed by atoms with Crippen molar-refractivity contribution in [3.8, 4) is 0 Å². The fourth-order valence-corrected chi connectivity index (χ4v) is 4.26. The Morgan fingerprint density at radius 3 is 2.11 bits per heavy atom. The number of amides is 2. The van der Waals surface area contributed by atoms with Crippen molar-refractivity contribution in [3.63, 3.8) is 0 Å². The third kappa shape index (κ3) is 5.63. The molecule has 0 radical (unpaired) electrons. The van der Waals surface area contributed by atoms with E-state index in [0.29, 0.717) is 17.7 Å². The molecule has 2 amide bonds. The molecule has 1 aliphatic rings. The van der Waals surface area contributed by atoms with Crippen molar-refractivity contribution < 1.29 is 45.1 Å². The predicted octanol–water partition coefficient (Wildman–Crippen LogP) is 7.37. The van der Waals surface area contributed by atoms with Gasteiger partial charge in [0.05, 0.1) is 11.1 Å². The first kappa shape index (κ1) is 27.4. The van der Waals surface area contributed by atoms with Crippen LogP contribution in [0.1, 0.15) is 56.2 Å². The number of fused-ring (bicyclic) bond motifs is 1. The minimum atomic E-state index is -5.06. The van der Waals surface area contributed by atoms with Gasteiger partial charge in [-0.1, -0.05) is 18.2 Å². The molecule has 0 aromatic heterocycles. The number of hydrogen-bond donors (Lipinski definition) is 1. The Morgan fingerprint density at radius 2 is 1.58 bits per heavy atom. The Bertz CT molecular complexity index is 1120. The molecule has 0 saturated heterocycles. The zero-order chi connectivity index (χ0) is 27.1. The average molecular weight is 521 g/mol. The Morgan fingerprint density at radius 1 is 1.03 bits per heavy atom. The van der Waals surface area contributed by atoms with Crippen LogP contribution in [0.25, 0.3) is 0 Å². The Hall–Kier alpha value is -3.15. The highest BCUT2D eigenvalue weighted by molar-refractivity contribution is 5.92. The summed E-state index contributed by atoms with van der Waals surface area (Å²) in [6.45, 7) is 4.58. The topological polar surface area (TPSA) is 55.4 Å². The van der Waals surface area contributed by atoms with Gasteiger partial charge in [-0.3, -0.25) is 4.79 Å². The fourth-order valence-electron chi connectivity index (χ4n) is 4.26. The van der Waals surface area contributed by atoms with Gasteiger partial charge in [-0.05, 0) is 39.0 Å². The lowest BCUT2D eigenvalue weighted by molar-refractivity contribution is -0.143. The van der Waals surface area contributed by atoms with Crippen LogP contribution < -0.4 is 10.0 Å². The molecule has 0 unspecified atom stereocenters. The van der Waals surface area contributed by atoms with Crippen LogP contribution in [0, 0.1) is 0 Å². The van der Waals surface area contributed by atoms with Crippen molar-refractivity contribution in [2.24, 2.45) is 0 Å². The number of benzene rings is 2. The van der Waals surface area contributed by atoms with E-state index in [1.54, 1.807) is 19.9 Å². The van der Waals surface area contributed by atoms with Crippen molar-refractivity contribution >= 4 is 23.4 Å². The zero-order valence-corrected chi connectivity index (χ0v) is 19.5. The standard InChI is InChI=1S/C24H23F7N2O3/c1-13(2)36-22(35)33(31)14(3)8-15(19-6-4-5-7-20(19)33)9-21(34)32-18-11-16(23(25,26)27)10-17(12-18)24(28,29)30/h4-7,10-15H,8-9H2,1-3H3/p+1/t14-,15+,33-/m1/s1.